The Morgan fingerprint density at radius 2 is 2.03 bits per heavy atom. The lowest BCUT2D eigenvalue weighted by Crippen LogP contribution is -2.49. The van der Waals surface area contributed by atoms with E-state index in [-0.39, 0.29) is 23.7 Å². The van der Waals surface area contributed by atoms with Gasteiger partial charge in [0.05, 0.1) is 36.1 Å². The van der Waals surface area contributed by atoms with E-state index < -0.39 is 0 Å². The zero-order valence-electron chi connectivity index (χ0n) is 18.1. The molecule has 4 heterocycles. The summed E-state index contributed by atoms with van der Waals surface area (Å²) in [6, 6.07) is 5.68. The van der Waals surface area contributed by atoms with E-state index in [4.69, 9.17) is 10.00 Å². The second-order valence-electron chi connectivity index (χ2n) is 8.16. The van der Waals surface area contributed by atoms with E-state index in [1.807, 2.05) is 11.0 Å². The number of ether oxygens (including phenoxy) is 1. The van der Waals surface area contributed by atoms with Crippen LogP contribution in [0.2, 0.25) is 0 Å². The first-order valence-corrected chi connectivity index (χ1v) is 10.9. The maximum Gasteiger partial charge on any atom is 0.269 e. The third kappa shape index (κ3) is 5.06. The summed E-state index contributed by atoms with van der Waals surface area (Å²) < 4.78 is 6.06. The van der Waals surface area contributed by atoms with Crippen LogP contribution in [0.1, 0.15) is 30.4 Å². The third-order valence-electron chi connectivity index (χ3n) is 6.06. The van der Waals surface area contributed by atoms with Crippen molar-refractivity contribution in [2.24, 2.45) is 0 Å². The van der Waals surface area contributed by atoms with Gasteiger partial charge in [0, 0.05) is 44.5 Å². The Hall–Kier alpha value is -3.45. The van der Waals surface area contributed by atoms with Crippen molar-refractivity contribution in [1.29, 1.82) is 5.26 Å². The summed E-state index contributed by atoms with van der Waals surface area (Å²) in [5.41, 5.74) is 1.63. The van der Waals surface area contributed by atoms with E-state index in [1.54, 1.807) is 25.4 Å². The van der Waals surface area contributed by atoms with Gasteiger partial charge in [0.25, 0.3) is 5.56 Å². The lowest BCUT2D eigenvalue weighted by Gasteiger charge is -2.35. The monoisotopic (exact) mass is 437 g/mol. The number of rotatable bonds is 6. The number of amides is 1. The molecule has 0 bridgehead atoms. The number of piperazine rings is 1. The first kappa shape index (κ1) is 21.8. The Balaban J connectivity index is 1.20. The number of hydrogen-bond acceptors (Lipinski definition) is 8. The van der Waals surface area contributed by atoms with Crippen LogP contribution in [0, 0.1) is 18.3 Å². The summed E-state index contributed by atoms with van der Waals surface area (Å²) in [5, 5.41) is 18.3. The van der Waals surface area contributed by atoms with E-state index in [2.05, 4.69) is 31.5 Å². The number of H-pyrrole nitrogens is 1. The van der Waals surface area contributed by atoms with E-state index in [9.17, 15) is 9.59 Å². The van der Waals surface area contributed by atoms with Crippen molar-refractivity contribution < 1.29 is 9.53 Å². The highest BCUT2D eigenvalue weighted by atomic mass is 16.5. The van der Waals surface area contributed by atoms with Crippen LogP contribution in [0.5, 0.6) is 0 Å². The van der Waals surface area contributed by atoms with Gasteiger partial charge in [0.1, 0.15) is 11.9 Å². The molecule has 2 aromatic heterocycles. The minimum atomic E-state index is -0.208. The van der Waals surface area contributed by atoms with Crippen molar-refractivity contribution in [3.05, 3.63) is 46.0 Å². The average Bonchev–Trinajstić information content (AvgIpc) is 3.27. The van der Waals surface area contributed by atoms with Crippen molar-refractivity contribution in [1.82, 2.24) is 20.1 Å². The standard InChI is InChI=1S/C22H27N7O3/c1-15-19(14-26-27-22(15)31)24-13-18-4-3-17(32-18)10-21(30)29-8-6-28(7-9-29)20-5-2-16(11-23)12-25-20/h2,5,12,14,17-18H,3-4,6-10,13H2,1H3,(H2,24,27,31)/t17-,18+/m0/s1. The molecule has 10 heteroatoms. The number of nitriles is 1. The molecule has 4 rings (SSSR count). The number of hydrogen-bond donors (Lipinski definition) is 2. The highest BCUT2D eigenvalue weighted by Gasteiger charge is 2.30. The van der Waals surface area contributed by atoms with E-state index in [0.717, 1.165) is 18.7 Å². The molecule has 2 saturated heterocycles. The molecule has 0 spiro atoms. The van der Waals surface area contributed by atoms with Gasteiger partial charge in [-0.05, 0) is 31.9 Å². The number of aromatic amines is 1. The van der Waals surface area contributed by atoms with Crippen molar-refractivity contribution >= 4 is 17.4 Å². The number of pyridine rings is 1. The van der Waals surface area contributed by atoms with E-state index >= 15 is 0 Å². The minimum absolute atomic E-state index is 0.00536. The lowest BCUT2D eigenvalue weighted by atomic mass is 10.1. The number of nitrogens with zero attached hydrogens (tertiary/aromatic N) is 5. The van der Waals surface area contributed by atoms with E-state index in [0.29, 0.717) is 56.0 Å². The number of carbonyl (C=O) groups is 1. The lowest BCUT2D eigenvalue weighted by molar-refractivity contribution is -0.134. The summed E-state index contributed by atoms with van der Waals surface area (Å²) in [6.45, 7) is 5.04. The van der Waals surface area contributed by atoms with Gasteiger partial charge in [-0.1, -0.05) is 0 Å². The van der Waals surface area contributed by atoms with Crippen molar-refractivity contribution in [2.75, 3.05) is 42.9 Å². The molecule has 2 aliphatic rings. The van der Waals surface area contributed by atoms with Gasteiger partial charge in [-0.2, -0.15) is 10.4 Å². The Kier molecular flexibility index (Phi) is 6.66. The molecular formula is C22H27N7O3. The molecule has 32 heavy (non-hydrogen) atoms. The van der Waals surface area contributed by atoms with Gasteiger partial charge in [-0.15, -0.1) is 0 Å². The molecular weight excluding hydrogens is 410 g/mol. The SMILES string of the molecule is Cc1c(NC[C@H]2CC[C@@H](CC(=O)N3CCN(c4ccc(C#N)cn4)CC3)O2)cn[nH]c1=O. The molecule has 10 nitrogen and oxygen atoms in total. The number of anilines is 2. The molecule has 2 aliphatic heterocycles. The summed E-state index contributed by atoms with van der Waals surface area (Å²) in [4.78, 5) is 32.8. The molecule has 0 unspecified atom stereocenters. The summed E-state index contributed by atoms with van der Waals surface area (Å²) >= 11 is 0. The topological polar surface area (TPSA) is 127 Å². The van der Waals surface area contributed by atoms with Crippen LogP contribution < -0.4 is 15.8 Å². The van der Waals surface area contributed by atoms with Crippen molar-refractivity contribution in [2.45, 2.75) is 38.4 Å². The van der Waals surface area contributed by atoms with Gasteiger partial charge < -0.3 is 19.9 Å². The van der Waals surface area contributed by atoms with Crippen LogP contribution >= 0.6 is 0 Å². The number of carbonyl (C=O) groups excluding carboxylic acids is 1. The van der Waals surface area contributed by atoms with Crippen LogP contribution in [0.3, 0.4) is 0 Å². The van der Waals surface area contributed by atoms with Gasteiger partial charge in [0.15, 0.2) is 0 Å². The summed E-state index contributed by atoms with van der Waals surface area (Å²) in [7, 11) is 0. The average molecular weight is 438 g/mol. The molecule has 0 aliphatic carbocycles. The van der Waals surface area contributed by atoms with Gasteiger partial charge in [0.2, 0.25) is 5.91 Å². The fraction of sp³-hybridized carbons (Fsp3) is 0.500. The third-order valence-corrected chi connectivity index (χ3v) is 6.06. The van der Waals surface area contributed by atoms with Crippen molar-refractivity contribution in [3.63, 3.8) is 0 Å². The fourth-order valence-corrected chi connectivity index (χ4v) is 4.09. The Labute approximate surface area is 186 Å². The normalized spacial score (nSPS) is 20.8. The number of aromatic nitrogens is 3. The number of nitrogens with one attached hydrogen (secondary N) is 2. The quantitative estimate of drug-likeness (QED) is 0.686. The highest BCUT2D eigenvalue weighted by Crippen LogP contribution is 2.24. The predicted molar refractivity (Wildman–Crippen MR) is 118 cm³/mol. The molecule has 2 atom stereocenters. The van der Waals surface area contributed by atoms with Crippen LogP contribution in [0.25, 0.3) is 0 Å². The summed E-state index contributed by atoms with van der Waals surface area (Å²) in [5.74, 6) is 0.946. The first-order chi connectivity index (χ1) is 15.5. The van der Waals surface area contributed by atoms with Crippen LogP contribution in [0.15, 0.2) is 29.3 Å². The molecule has 0 saturated carbocycles. The highest BCUT2D eigenvalue weighted by molar-refractivity contribution is 5.77. The van der Waals surface area contributed by atoms with Crippen LogP contribution in [-0.2, 0) is 9.53 Å². The van der Waals surface area contributed by atoms with Gasteiger partial charge in [-0.3, -0.25) is 9.59 Å². The molecule has 2 fully saturated rings. The molecule has 2 aromatic rings. The minimum Gasteiger partial charge on any atom is -0.381 e. The molecule has 2 N–H and O–H groups in total. The zero-order chi connectivity index (χ0) is 22.5. The Morgan fingerprint density at radius 1 is 1.25 bits per heavy atom. The largest absolute Gasteiger partial charge is 0.381 e. The van der Waals surface area contributed by atoms with Crippen molar-refractivity contribution in [3.8, 4) is 6.07 Å². The Bertz CT molecular complexity index is 1040. The predicted octanol–water partition coefficient (Wildman–Crippen LogP) is 1.04. The van der Waals surface area contributed by atoms with Crippen LogP contribution in [-0.4, -0.2) is 70.9 Å². The zero-order valence-corrected chi connectivity index (χ0v) is 18.1. The molecule has 0 radical (unpaired) electrons. The maximum absolute atomic E-state index is 12.8. The Morgan fingerprint density at radius 3 is 2.75 bits per heavy atom. The maximum atomic E-state index is 12.8. The van der Waals surface area contributed by atoms with Crippen LogP contribution in [0.4, 0.5) is 11.5 Å². The molecule has 1 amide bonds. The molecule has 168 valence electrons. The van der Waals surface area contributed by atoms with Gasteiger partial charge >= 0.3 is 0 Å². The second-order valence-corrected chi connectivity index (χ2v) is 8.16. The van der Waals surface area contributed by atoms with Gasteiger partial charge in [-0.25, -0.2) is 10.1 Å². The fourth-order valence-electron chi connectivity index (χ4n) is 4.09. The van der Waals surface area contributed by atoms with E-state index in [1.165, 1.54) is 0 Å². The molecule has 0 aromatic carbocycles. The smallest absolute Gasteiger partial charge is 0.269 e. The summed E-state index contributed by atoms with van der Waals surface area (Å²) in [6.07, 6.45) is 5.20. The first-order valence-electron chi connectivity index (χ1n) is 10.9. The second kappa shape index (κ2) is 9.78.